The van der Waals surface area contributed by atoms with Crippen molar-refractivity contribution in [3.05, 3.63) is 130 Å². The zero-order valence-electron chi connectivity index (χ0n) is 28.6. The summed E-state index contributed by atoms with van der Waals surface area (Å²) < 4.78 is 0. The van der Waals surface area contributed by atoms with E-state index in [2.05, 4.69) is 97.1 Å². The van der Waals surface area contributed by atoms with Crippen LogP contribution in [0.1, 0.15) is 114 Å². The summed E-state index contributed by atoms with van der Waals surface area (Å²) in [6.45, 7) is 0. The van der Waals surface area contributed by atoms with Crippen molar-refractivity contribution in [2.24, 2.45) is 0 Å². The average molecular weight is 656 g/mol. The van der Waals surface area contributed by atoms with Crippen LogP contribution in [0.4, 0.5) is 0 Å². The molecule has 2 fully saturated rings. The first-order valence-corrected chi connectivity index (χ1v) is 19.4. The van der Waals surface area contributed by atoms with Crippen LogP contribution in [0.25, 0.3) is 72.1 Å². The van der Waals surface area contributed by atoms with Crippen LogP contribution in [0.2, 0.25) is 0 Å². The second-order valence-electron chi connectivity index (χ2n) is 16.3. The summed E-state index contributed by atoms with van der Waals surface area (Å²) in [6, 6.07) is 33.1. The van der Waals surface area contributed by atoms with Gasteiger partial charge in [0.25, 0.3) is 0 Å². The van der Waals surface area contributed by atoms with Crippen LogP contribution >= 0.6 is 0 Å². The first kappa shape index (κ1) is 27.6. The molecule has 2 saturated carbocycles. The van der Waals surface area contributed by atoms with Gasteiger partial charge >= 0.3 is 0 Å². The quantitative estimate of drug-likeness (QED) is 0.178. The van der Waals surface area contributed by atoms with Gasteiger partial charge < -0.3 is 0 Å². The van der Waals surface area contributed by atoms with Gasteiger partial charge in [-0.05, 0) is 114 Å². The van der Waals surface area contributed by atoms with Gasteiger partial charge in [0, 0.05) is 38.8 Å². The highest BCUT2D eigenvalue weighted by Gasteiger charge is 2.46. The largest absolute Gasteiger partial charge is 0.247 e. The van der Waals surface area contributed by atoms with E-state index >= 15 is 0 Å². The van der Waals surface area contributed by atoms with E-state index < -0.39 is 0 Å². The molecule has 3 aromatic heterocycles. The summed E-state index contributed by atoms with van der Waals surface area (Å²) in [4.78, 5) is 17.7. The topological polar surface area (TPSA) is 38.7 Å². The van der Waals surface area contributed by atoms with Gasteiger partial charge in [0.1, 0.15) is 0 Å². The molecule has 6 bridgehead atoms. The predicted octanol–water partition coefficient (Wildman–Crippen LogP) is 12.3. The van der Waals surface area contributed by atoms with Gasteiger partial charge in [-0.2, -0.15) is 0 Å². The molecule has 3 heterocycles. The molecule has 51 heavy (non-hydrogen) atoms. The molecule has 4 aromatic carbocycles. The summed E-state index contributed by atoms with van der Waals surface area (Å²) >= 11 is 0. The Morgan fingerprint density at radius 2 is 0.824 bits per heavy atom. The van der Waals surface area contributed by atoms with Crippen LogP contribution in [0.5, 0.6) is 0 Å². The number of benzene rings is 4. The Balaban J connectivity index is 1.30. The highest BCUT2D eigenvalue weighted by Crippen LogP contribution is 2.63. The molecule has 0 spiro atoms. The lowest BCUT2D eigenvalue weighted by atomic mass is 9.79. The average Bonchev–Trinajstić information content (AvgIpc) is 4.07. The molecule has 0 aliphatic heterocycles. The van der Waals surface area contributed by atoms with E-state index in [0.29, 0.717) is 29.6 Å². The second-order valence-corrected chi connectivity index (χ2v) is 16.3. The fourth-order valence-electron chi connectivity index (χ4n) is 12.1. The smallest absolute Gasteiger partial charge is 0.0835 e. The van der Waals surface area contributed by atoms with Crippen molar-refractivity contribution in [3.63, 3.8) is 0 Å². The number of nitrogens with zero attached hydrogens (tertiary/aromatic N) is 3. The van der Waals surface area contributed by atoms with Gasteiger partial charge in [0.05, 0.1) is 33.6 Å². The second kappa shape index (κ2) is 9.79. The molecule has 5 atom stereocenters. The van der Waals surface area contributed by atoms with Gasteiger partial charge in [0.2, 0.25) is 0 Å². The molecule has 13 rings (SSSR count). The SMILES string of the molecule is C1=C2CCC1c1c(-c3ccccc3)nc3c(c12)c1nc(-c2ccccc2)c2c(c1c1nc(-c4ccccc4)c4c(c31)C1CCC4C1)C1CCC2C1. The van der Waals surface area contributed by atoms with Crippen molar-refractivity contribution in [2.75, 3.05) is 0 Å². The van der Waals surface area contributed by atoms with E-state index in [0.717, 1.165) is 17.5 Å². The van der Waals surface area contributed by atoms with Crippen LogP contribution < -0.4 is 0 Å². The number of pyridine rings is 3. The van der Waals surface area contributed by atoms with Gasteiger partial charge in [-0.3, -0.25) is 0 Å². The number of hydrogen-bond acceptors (Lipinski definition) is 3. The fourth-order valence-corrected chi connectivity index (χ4v) is 12.1. The lowest BCUT2D eigenvalue weighted by Crippen LogP contribution is -2.11. The zero-order chi connectivity index (χ0) is 32.9. The van der Waals surface area contributed by atoms with E-state index in [1.807, 2.05) is 0 Å². The Labute approximate surface area is 297 Å². The minimum atomic E-state index is 0.423. The molecule has 6 aliphatic rings. The van der Waals surface area contributed by atoms with Crippen molar-refractivity contribution >= 4 is 38.3 Å². The standard InChI is InChI=1S/C48H37N3/c1-4-10-25(11-5-1)43-37-31-19-16-28(22-31)34(37)40-46(49-43)41-35-29-17-20-32(23-29)38(35)44(26-12-6-2-7-13-26)51-48(41)42-36-30-18-21-33(24-30)39(36)45(50-47(40)42)27-14-8-3-9-15-27/h1-15,22,29-33H,16-21,23-24H2. The summed E-state index contributed by atoms with van der Waals surface area (Å²) in [5, 5.41) is 4.01. The minimum absolute atomic E-state index is 0.423. The molecule has 244 valence electrons. The van der Waals surface area contributed by atoms with Gasteiger partial charge in [0.15, 0.2) is 0 Å². The third-order valence-corrected chi connectivity index (χ3v) is 14.0. The Hall–Kier alpha value is -5.15. The molecule has 0 N–H and O–H groups in total. The van der Waals surface area contributed by atoms with Crippen LogP contribution in [0, 0.1) is 0 Å². The van der Waals surface area contributed by atoms with Gasteiger partial charge in [-0.1, -0.05) is 97.1 Å². The van der Waals surface area contributed by atoms with E-state index in [1.165, 1.54) is 128 Å². The minimum Gasteiger partial charge on any atom is -0.247 e. The maximum absolute atomic E-state index is 5.93. The van der Waals surface area contributed by atoms with Crippen molar-refractivity contribution < 1.29 is 0 Å². The zero-order valence-corrected chi connectivity index (χ0v) is 28.6. The van der Waals surface area contributed by atoms with Crippen LogP contribution in [-0.2, 0) is 0 Å². The van der Waals surface area contributed by atoms with Crippen LogP contribution in [-0.4, -0.2) is 15.0 Å². The summed E-state index contributed by atoms with van der Waals surface area (Å²) in [5.41, 5.74) is 21.3. The Morgan fingerprint density at radius 3 is 1.29 bits per heavy atom. The normalized spacial score (nSPS) is 24.5. The van der Waals surface area contributed by atoms with Gasteiger partial charge in [-0.15, -0.1) is 0 Å². The molecule has 5 unspecified atom stereocenters. The van der Waals surface area contributed by atoms with Crippen molar-refractivity contribution in [2.45, 2.75) is 81.0 Å². The summed E-state index contributed by atoms with van der Waals surface area (Å²) in [5.74, 6) is 2.69. The lowest BCUT2D eigenvalue weighted by molar-refractivity contribution is 0.719. The molecule has 0 amide bonds. The third-order valence-electron chi connectivity index (χ3n) is 14.0. The Kier molecular flexibility index (Phi) is 5.29. The number of allylic oxidation sites excluding steroid dienone is 2. The Bertz CT molecular complexity index is 2650. The van der Waals surface area contributed by atoms with Crippen molar-refractivity contribution in [1.82, 2.24) is 15.0 Å². The predicted molar refractivity (Wildman–Crippen MR) is 207 cm³/mol. The molecule has 0 saturated heterocycles. The summed E-state index contributed by atoms with van der Waals surface area (Å²) in [7, 11) is 0. The van der Waals surface area contributed by atoms with Crippen LogP contribution in [0.15, 0.2) is 97.1 Å². The number of fused-ring (bicyclic) bond motifs is 23. The van der Waals surface area contributed by atoms with Crippen molar-refractivity contribution in [1.29, 1.82) is 0 Å². The third kappa shape index (κ3) is 3.48. The van der Waals surface area contributed by atoms with E-state index in [4.69, 9.17) is 15.0 Å². The van der Waals surface area contributed by atoms with E-state index in [1.54, 1.807) is 11.1 Å². The molecule has 0 radical (unpaired) electrons. The molecule has 7 aromatic rings. The fraction of sp³-hybridized carbons (Fsp3) is 0.271. The van der Waals surface area contributed by atoms with Crippen LogP contribution in [0.3, 0.4) is 0 Å². The highest BCUT2D eigenvalue weighted by atomic mass is 14.8. The Morgan fingerprint density at radius 1 is 0.412 bits per heavy atom. The van der Waals surface area contributed by atoms with E-state index in [9.17, 15) is 0 Å². The first-order chi connectivity index (χ1) is 25.3. The number of hydrogen-bond donors (Lipinski definition) is 0. The van der Waals surface area contributed by atoms with Crippen molar-refractivity contribution in [3.8, 4) is 33.8 Å². The highest BCUT2D eigenvalue weighted by molar-refractivity contribution is 6.28. The number of aromatic nitrogens is 3. The molecule has 3 nitrogen and oxygen atoms in total. The molecule has 6 aliphatic carbocycles. The molecular formula is C48H37N3. The molecule has 3 heteroatoms. The number of rotatable bonds is 3. The maximum Gasteiger partial charge on any atom is 0.0835 e. The summed E-state index contributed by atoms with van der Waals surface area (Å²) in [6.07, 6.45) is 12.5. The molecular weight excluding hydrogens is 619 g/mol. The lowest BCUT2D eigenvalue weighted by Gasteiger charge is -2.28. The monoisotopic (exact) mass is 655 g/mol. The maximum atomic E-state index is 5.93. The van der Waals surface area contributed by atoms with E-state index in [-0.39, 0.29) is 0 Å². The first-order valence-electron chi connectivity index (χ1n) is 19.4. The van der Waals surface area contributed by atoms with Gasteiger partial charge in [-0.25, -0.2) is 15.0 Å².